The van der Waals surface area contributed by atoms with Crippen LogP contribution in [0.1, 0.15) is 44.1 Å². The van der Waals surface area contributed by atoms with Gasteiger partial charge in [-0.15, -0.1) is 0 Å². The summed E-state index contributed by atoms with van der Waals surface area (Å²) in [5, 5.41) is 5.24. The predicted octanol–water partition coefficient (Wildman–Crippen LogP) is 13.1. The molecule has 3 aliphatic carbocycles. The molecule has 50 heavy (non-hydrogen) atoms. The Morgan fingerprint density at radius 2 is 1.04 bits per heavy atom. The number of rotatable bonds is 5. The zero-order valence-electron chi connectivity index (χ0n) is 28.1. The first kappa shape index (κ1) is 29.1. The minimum Gasteiger partial charge on any atom is -0.313 e. The van der Waals surface area contributed by atoms with Crippen LogP contribution in [0, 0.1) is 0 Å². The molecule has 2 heteroatoms. The van der Waals surface area contributed by atoms with Crippen molar-refractivity contribution in [3.05, 3.63) is 175 Å². The summed E-state index contributed by atoms with van der Waals surface area (Å²) >= 11 is 0. The first-order chi connectivity index (χ1) is 24.8. The van der Waals surface area contributed by atoms with Gasteiger partial charge in [0.1, 0.15) is 0 Å². The Balaban J connectivity index is 1.05. The van der Waals surface area contributed by atoms with Crippen LogP contribution in [0.5, 0.6) is 0 Å². The lowest BCUT2D eigenvalue weighted by Gasteiger charge is -2.22. The molecule has 7 aromatic rings. The summed E-state index contributed by atoms with van der Waals surface area (Å²) in [6.45, 7) is 0. The lowest BCUT2D eigenvalue weighted by Crippen LogP contribution is -2.04. The van der Waals surface area contributed by atoms with Gasteiger partial charge < -0.3 is 9.13 Å². The van der Waals surface area contributed by atoms with Crippen molar-refractivity contribution in [3.63, 3.8) is 0 Å². The van der Waals surface area contributed by atoms with E-state index in [1.54, 1.807) is 0 Å². The van der Waals surface area contributed by atoms with Crippen LogP contribution in [0.25, 0.3) is 71.7 Å². The van der Waals surface area contributed by atoms with Crippen LogP contribution < -0.4 is 0 Å². The number of hydrogen-bond donors (Lipinski definition) is 0. The third-order valence-electron chi connectivity index (χ3n) is 11.0. The van der Waals surface area contributed by atoms with Crippen LogP contribution in [0.3, 0.4) is 0 Å². The highest BCUT2D eigenvalue weighted by Crippen LogP contribution is 2.41. The second kappa shape index (κ2) is 11.9. The zero-order chi connectivity index (χ0) is 33.0. The molecule has 0 unspecified atom stereocenters. The molecule has 0 N–H and O–H groups in total. The maximum absolute atomic E-state index is 2.51. The largest absolute Gasteiger partial charge is 0.313 e. The third-order valence-corrected chi connectivity index (χ3v) is 11.0. The van der Waals surface area contributed by atoms with Gasteiger partial charge in [0.25, 0.3) is 0 Å². The molecule has 0 saturated heterocycles. The SMILES string of the molecule is C1=CCCC(n2c3ccccc3c3cc(-c4ccc5c(c4)c4ccccc4n5C4=CC=C(C5=CC(c6ccccc6)=CCC5)CC4)ccc32)=C1. The molecule has 3 aliphatic rings. The minimum absolute atomic E-state index is 1.02. The summed E-state index contributed by atoms with van der Waals surface area (Å²) in [6.07, 6.45) is 22.8. The Morgan fingerprint density at radius 3 is 1.66 bits per heavy atom. The lowest BCUT2D eigenvalue weighted by atomic mass is 9.87. The van der Waals surface area contributed by atoms with Crippen molar-refractivity contribution in [2.75, 3.05) is 0 Å². The Bertz CT molecular complexity index is 2680. The predicted molar refractivity (Wildman–Crippen MR) is 214 cm³/mol. The van der Waals surface area contributed by atoms with Gasteiger partial charge in [0.05, 0.1) is 22.1 Å². The van der Waals surface area contributed by atoms with E-state index >= 15 is 0 Å². The fraction of sp³-hybridized carbons (Fsp3) is 0.125. The Hall–Kier alpha value is -5.86. The Labute approximate surface area is 293 Å². The molecular weight excluding hydrogens is 605 g/mol. The van der Waals surface area contributed by atoms with Crippen molar-refractivity contribution in [1.29, 1.82) is 0 Å². The maximum Gasteiger partial charge on any atom is 0.0538 e. The van der Waals surface area contributed by atoms with E-state index in [0.29, 0.717) is 0 Å². The molecule has 0 atom stereocenters. The standard InChI is InChI=1S/C48H38N2/c1-3-12-33(13-4-1)35-14-11-15-36(30-35)34-22-26-40(27-23-34)50-46-21-10-8-19-42(46)44-32-38(25-29-48(44)50)37-24-28-47-43(31-37)41-18-7-9-20-45(41)49(47)39-16-5-2-6-17-39/h1-5,7-10,12-14,16,18-22,24-26,28-32H,6,11,15,17,23,27H2. The van der Waals surface area contributed by atoms with Crippen molar-refractivity contribution < 1.29 is 0 Å². The molecule has 0 fully saturated rings. The van der Waals surface area contributed by atoms with Crippen molar-refractivity contribution in [1.82, 2.24) is 9.13 Å². The minimum atomic E-state index is 1.02. The van der Waals surface area contributed by atoms with E-state index in [1.807, 2.05) is 0 Å². The van der Waals surface area contributed by atoms with E-state index in [2.05, 4.69) is 167 Å². The smallest absolute Gasteiger partial charge is 0.0538 e. The van der Waals surface area contributed by atoms with Gasteiger partial charge in [-0.25, -0.2) is 0 Å². The van der Waals surface area contributed by atoms with Crippen LogP contribution >= 0.6 is 0 Å². The molecule has 5 aromatic carbocycles. The van der Waals surface area contributed by atoms with Crippen molar-refractivity contribution >= 4 is 60.6 Å². The molecule has 0 spiro atoms. The van der Waals surface area contributed by atoms with Crippen LogP contribution in [0.2, 0.25) is 0 Å². The molecule has 2 heterocycles. The Kier molecular flexibility index (Phi) is 6.94. The van der Waals surface area contributed by atoms with Crippen molar-refractivity contribution in [2.45, 2.75) is 38.5 Å². The molecule has 10 rings (SSSR count). The summed E-state index contributed by atoms with van der Waals surface area (Å²) < 4.78 is 4.98. The second-order valence-electron chi connectivity index (χ2n) is 13.9. The number of fused-ring (bicyclic) bond motifs is 6. The molecule has 2 nitrogen and oxygen atoms in total. The second-order valence-corrected chi connectivity index (χ2v) is 13.9. The number of aromatic nitrogens is 2. The van der Waals surface area contributed by atoms with E-state index in [9.17, 15) is 0 Å². The Morgan fingerprint density at radius 1 is 0.420 bits per heavy atom. The molecule has 0 amide bonds. The molecule has 0 bridgehead atoms. The topological polar surface area (TPSA) is 9.86 Å². The first-order valence-corrected chi connectivity index (χ1v) is 18.1. The average Bonchev–Trinajstić information content (AvgIpc) is 3.71. The highest BCUT2D eigenvalue weighted by atomic mass is 15.0. The average molecular weight is 643 g/mol. The highest BCUT2D eigenvalue weighted by molar-refractivity contribution is 6.13. The normalized spacial score (nSPS) is 16.4. The third kappa shape index (κ3) is 4.78. The van der Waals surface area contributed by atoms with E-state index in [0.717, 1.165) is 38.5 Å². The van der Waals surface area contributed by atoms with Crippen molar-refractivity contribution in [2.24, 2.45) is 0 Å². The number of hydrogen-bond acceptors (Lipinski definition) is 0. The fourth-order valence-electron chi connectivity index (χ4n) is 8.57. The molecule has 2 aromatic heterocycles. The summed E-state index contributed by atoms with van der Waals surface area (Å²) in [4.78, 5) is 0. The molecule has 0 aliphatic heterocycles. The molecule has 240 valence electrons. The number of nitrogens with zero attached hydrogens (tertiary/aromatic N) is 2. The van der Waals surface area contributed by atoms with Gasteiger partial charge in [0, 0.05) is 32.9 Å². The van der Waals surface area contributed by atoms with Crippen LogP contribution in [-0.2, 0) is 0 Å². The fourth-order valence-corrected chi connectivity index (χ4v) is 8.57. The van der Waals surface area contributed by atoms with Gasteiger partial charge in [-0.05, 0) is 120 Å². The lowest BCUT2D eigenvalue weighted by molar-refractivity contribution is 0.886. The summed E-state index contributed by atoms with van der Waals surface area (Å²) in [7, 11) is 0. The summed E-state index contributed by atoms with van der Waals surface area (Å²) in [6, 6.07) is 42.7. The number of allylic oxidation sites excluding steroid dienone is 12. The van der Waals surface area contributed by atoms with Gasteiger partial charge >= 0.3 is 0 Å². The van der Waals surface area contributed by atoms with Crippen LogP contribution in [0.4, 0.5) is 0 Å². The van der Waals surface area contributed by atoms with Crippen LogP contribution in [0.15, 0.2) is 169 Å². The molecular formula is C48H38N2. The molecule has 0 saturated carbocycles. The van der Waals surface area contributed by atoms with E-state index in [-0.39, 0.29) is 0 Å². The first-order valence-electron chi connectivity index (χ1n) is 18.1. The number of para-hydroxylation sites is 2. The van der Waals surface area contributed by atoms with Gasteiger partial charge in [0.15, 0.2) is 0 Å². The van der Waals surface area contributed by atoms with Gasteiger partial charge in [0.2, 0.25) is 0 Å². The summed E-state index contributed by atoms with van der Waals surface area (Å²) in [5.41, 5.74) is 16.0. The van der Waals surface area contributed by atoms with Crippen molar-refractivity contribution in [3.8, 4) is 11.1 Å². The number of benzene rings is 5. The maximum atomic E-state index is 2.51. The zero-order valence-corrected chi connectivity index (χ0v) is 28.1. The van der Waals surface area contributed by atoms with E-state index in [4.69, 9.17) is 0 Å². The summed E-state index contributed by atoms with van der Waals surface area (Å²) in [5.74, 6) is 0. The van der Waals surface area contributed by atoms with E-state index in [1.165, 1.54) is 88.4 Å². The van der Waals surface area contributed by atoms with Gasteiger partial charge in [-0.1, -0.05) is 109 Å². The van der Waals surface area contributed by atoms with Gasteiger partial charge in [-0.3, -0.25) is 0 Å². The molecule has 0 radical (unpaired) electrons. The van der Waals surface area contributed by atoms with Gasteiger partial charge in [-0.2, -0.15) is 0 Å². The quantitative estimate of drug-likeness (QED) is 0.177. The monoisotopic (exact) mass is 642 g/mol. The van der Waals surface area contributed by atoms with Crippen LogP contribution in [-0.4, -0.2) is 9.13 Å². The highest BCUT2D eigenvalue weighted by Gasteiger charge is 2.20. The van der Waals surface area contributed by atoms with E-state index < -0.39 is 0 Å².